The maximum absolute atomic E-state index is 11.1. The summed E-state index contributed by atoms with van der Waals surface area (Å²) in [6.07, 6.45) is 6.19. The van der Waals surface area contributed by atoms with Crippen LogP contribution in [0.5, 0.6) is 0 Å². The van der Waals surface area contributed by atoms with E-state index in [1.165, 1.54) is 25.7 Å². The van der Waals surface area contributed by atoms with Crippen LogP contribution in [-0.2, 0) is 9.53 Å². The van der Waals surface area contributed by atoms with Crippen molar-refractivity contribution in [2.45, 2.75) is 58.0 Å². The van der Waals surface area contributed by atoms with Crippen LogP contribution in [0.15, 0.2) is 0 Å². The van der Waals surface area contributed by atoms with Crippen LogP contribution in [0.3, 0.4) is 0 Å². The third-order valence-electron chi connectivity index (χ3n) is 4.06. The molecule has 18 heavy (non-hydrogen) atoms. The SMILES string of the molecule is CCCCCCC(C)N(C)C1COCC1C(=O)O. The summed E-state index contributed by atoms with van der Waals surface area (Å²) in [5.74, 6) is -1.10. The van der Waals surface area contributed by atoms with Gasteiger partial charge in [-0.1, -0.05) is 32.6 Å². The third kappa shape index (κ3) is 4.25. The standard InChI is InChI=1S/C14H27NO3/c1-4-5-6-7-8-11(2)15(3)13-10-18-9-12(13)14(16)17/h11-13H,4-10H2,1-3H3,(H,16,17). The van der Waals surface area contributed by atoms with Gasteiger partial charge in [-0.05, 0) is 20.4 Å². The molecule has 3 atom stereocenters. The molecule has 0 aliphatic carbocycles. The number of ether oxygens (including phenoxy) is 1. The molecule has 1 heterocycles. The van der Waals surface area contributed by atoms with Crippen LogP contribution in [0.25, 0.3) is 0 Å². The van der Waals surface area contributed by atoms with Crippen LogP contribution in [-0.4, -0.2) is 48.3 Å². The number of unbranched alkanes of at least 4 members (excludes halogenated alkanes) is 3. The number of carboxylic acid groups (broad SMARTS) is 1. The summed E-state index contributed by atoms with van der Waals surface area (Å²) in [5.41, 5.74) is 0. The Kier molecular flexibility index (Phi) is 6.65. The van der Waals surface area contributed by atoms with E-state index in [0.29, 0.717) is 19.3 Å². The van der Waals surface area contributed by atoms with Crippen molar-refractivity contribution in [3.8, 4) is 0 Å². The quantitative estimate of drug-likeness (QED) is 0.678. The first-order valence-electron chi connectivity index (χ1n) is 7.10. The van der Waals surface area contributed by atoms with Gasteiger partial charge in [0, 0.05) is 12.1 Å². The molecule has 4 nitrogen and oxygen atoms in total. The third-order valence-corrected chi connectivity index (χ3v) is 4.06. The molecule has 0 aromatic carbocycles. The number of hydrogen-bond donors (Lipinski definition) is 1. The highest BCUT2D eigenvalue weighted by molar-refractivity contribution is 5.71. The van der Waals surface area contributed by atoms with Gasteiger partial charge in [0.05, 0.1) is 19.1 Å². The molecule has 0 bridgehead atoms. The second kappa shape index (κ2) is 7.74. The van der Waals surface area contributed by atoms with E-state index in [0.717, 1.165) is 6.42 Å². The number of likely N-dealkylation sites (N-methyl/N-ethyl adjacent to an activating group) is 1. The molecule has 1 N–H and O–H groups in total. The average Bonchev–Trinajstić information content (AvgIpc) is 2.82. The second-order valence-corrected chi connectivity index (χ2v) is 5.41. The maximum Gasteiger partial charge on any atom is 0.310 e. The van der Waals surface area contributed by atoms with E-state index in [1.807, 2.05) is 7.05 Å². The zero-order valence-corrected chi connectivity index (χ0v) is 11.9. The van der Waals surface area contributed by atoms with Crippen molar-refractivity contribution in [2.75, 3.05) is 20.3 Å². The Morgan fingerprint density at radius 3 is 2.72 bits per heavy atom. The van der Waals surface area contributed by atoms with Crippen LogP contribution >= 0.6 is 0 Å². The highest BCUT2D eigenvalue weighted by Gasteiger charge is 2.37. The van der Waals surface area contributed by atoms with Crippen LogP contribution < -0.4 is 0 Å². The van der Waals surface area contributed by atoms with Crippen molar-refractivity contribution in [2.24, 2.45) is 5.92 Å². The number of carbonyl (C=O) groups is 1. The average molecular weight is 257 g/mol. The molecule has 1 rings (SSSR count). The number of hydrogen-bond acceptors (Lipinski definition) is 3. The fourth-order valence-corrected chi connectivity index (χ4v) is 2.58. The zero-order chi connectivity index (χ0) is 13.5. The van der Waals surface area contributed by atoms with Gasteiger partial charge in [0.25, 0.3) is 0 Å². The van der Waals surface area contributed by atoms with Gasteiger partial charge in [0.15, 0.2) is 0 Å². The van der Waals surface area contributed by atoms with Crippen molar-refractivity contribution in [1.29, 1.82) is 0 Å². The molecule has 106 valence electrons. The largest absolute Gasteiger partial charge is 0.481 e. The minimum Gasteiger partial charge on any atom is -0.481 e. The molecule has 1 aliphatic heterocycles. The molecule has 1 fully saturated rings. The normalized spacial score (nSPS) is 25.6. The first kappa shape index (κ1) is 15.4. The Bertz CT molecular complexity index is 257. The Morgan fingerprint density at radius 2 is 2.11 bits per heavy atom. The van der Waals surface area contributed by atoms with Gasteiger partial charge in [0.2, 0.25) is 0 Å². The van der Waals surface area contributed by atoms with Crippen molar-refractivity contribution in [3.05, 3.63) is 0 Å². The number of aliphatic carboxylic acids is 1. The summed E-state index contributed by atoms with van der Waals surface area (Å²) in [5, 5.41) is 9.15. The highest BCUT2D eigenvalue weighted by atomic mass is 16.5. The molecule has 0 saturated carbocycles. The van der Waals surface area contributed by atoms with E-state index in [1.54, 1.807) is 0 Å². The van der Waals surface area contributed by atoms with Gasteiger partial charge in [0.1, 0.15) is 0 Å². The summed E-state index contributed by atoms with van der Waals surface area (Å²) in [6.45, 7) is 5.30. The maximum atomic E-state index is 11.1. The lowest BCUT2D eigenvalue weighted by molar-refractivity contribution is -0.143. The summed E-state index contributed by atoms with van der Waals surface area (Å²) >= 11 is 0. The number of nitrogens with zero attached hydrogens (tertiary/aromatic N) is 1. The molecule has 0 aromatic heterocycles. The van der Waals surface area contributed by atoms with E-state index in [9.17, 15) is 4.79 Å². The van der Waals surface area contributed by atoms with Gasteiger partial charge >= 0.3 is 5.97 Å². The summed E-state index contributed by atoms with van der Waals surface area (Å²) in [4.78, 5) is 13.3. The van der Waals surface area contributed by atoms with Gasteiger partial charge in [-0.2, -0.15) is 0 Å². The van der Waals surface area contributed by atoms with E-state index < -0.39 is 5.97 Å². The predicted octanol–water partition coefficient (Wildman–Crippen LogP) is 2.38. The molecular formula is C14H27NO3. The smallest absolute Gasteiger partial charge is 0.310 e. The fraction of sp³-hybridized carbons (Fsp3) is 0.929. The Labute approximate surface area is 110 Å². The molecule has 3 unspecified atom stereocenters. The lowest BCUT2D eigenvalue weighted by Gasteiger charge is -2.32. The minimum atomic E-state index is -0.734. The van der Waals surface area contributed by atoms with Gasteiger partial charge < -0.3 is 9.84 Å². The number of carboxylic acids is 1. The molecule has 1 aliphatic rings. The lowest BCUT2D eigenvalue weighted by atomic mass is 9.99. The van der Waals surface area contributed by atoms with Crippen LogP contribution in [0, 0.1) is 5.92 Å². The van der Waals surface area contributed by atoms with Crippen molar-refractivity contribution in [3.63, 3.8) is 0 Å². The van der Waals surface area contributed by atoms with Gasteiger partial charge in [-0.3, -0.25) is 9.69 Å². The topological polar surface area (TPSA) is 49.8 Å². The molecule has 0 spiro atoms. The molecule has 0 radical (unpaired) electrons. The summed E-state index contributed by atoms with van der Waals surface area (Å²) < 4.78 is 5.32. The summed E-state index contributed by atoms with van der Waals surface area (Å²) in [6, 6.07) is 0.457. The Hall–Kier alpha value is -0.610. The predicted molar refractivity (Wildman–Crippen MR) is 71.7 cm³/mol. The second-order valence-electron chi connectivity index (χ2n) is 5.41. The number of rotatable bonds is 8. The highest BCUT2D eigenvalue weighted by Crippen LogP contribution is 2.22. The molecule has 4 heteroatoms. The molecule has 0 aromatic rings. The van der Waals surface area contributed by atoms with E-state index in [2.05, 4.69) is 18.7 Å². The van der Waals surface area contributed by atoms with E-state index in [-0.39, 0.29) is 12.0 Å². The minimum absolute atomic E-state index is 0.0312. The molecule has 0 amide bonds. The van der Waals surface area contributed by atoms with Crippen LogP contribution in [0.2, 0.25) is 0 Å². The first-order chi connectivity index (χ1) is 8.57. The monoisotopic (exact) mass is 257 g/mol. The fourth-order valence-electron chi connectivity index (χ4n) is 2.58. The van der Waals surface area contributed by atoms with E-state index >= 15 is 0 Å². The van der Waals surface area contributed by atoms with E-state index in [4.69, 9.17) is 9.84 Å². The van der Waals surface area contributed by atoms with Crippen LogP contribution in [0.1, 0.15) is 46.0 Å². The molecule has 1 saturated heterocycles. The Morgan fingerprint density at radius 1 is 1.39 bits per heavy atom. The van der Waals surface area contributed by atoms with Crippen molar-refractivity contribution < 1.29 is 14.6 Å². The zero-order valence-electron chi connectivity index (χ0n) is 11.9. The Balaban J connectivity index is 2.37. The molecular weight excluding hydrogens is 230 g/mol. The van der Waals surface area contributed by atoms with Gasteiger partial charge in [-0.15, -0.1) is 0 Å². The summed E-state index contributed by atoms with van der Waals surface area (Å²) in [7, 11) is 2.03. The van der Waals surface area contributed by atoms with Crippen molar-refractivity contribution in [1.82, 2.24) is 4.90 Å². The van der Waals surface area contributed by atoms with Gasteiger partial charge in [-0.25, -0.2) is 0 Å². The van der Waals surface area contributed by atoms with Crippen molar-refractivity contribution >= 4 is 5.97 Å². The lowest BCUT2D eigenvalue weighted by Crippen LogP contribution is -2.45. The van der Waals surface area contributed by atoms with Crippen LogP contribution in [0.4, 0.5) is 0 Å². The first-order valence-corrected chi connectivity index (χ1v) is 7.10.